The van der Waals surface area contributed by atoms with E-state index in [9.17, 15) is 14.7 Å². The number of allylic oxidation sites excluding steroid dienone is 2. The van der Waals surface area contributed by atoms with Crippen molar-refractivity contribution in [3.63, 3.8) is 0 Å². The summed E-state index contributed by atoms with van der Waals surface area (Å²) in [5.74, 6) is -2.43. The van der Waals surface area contributed by atoms with E-state index in [1.807, 2.05) is 44.2 Å². The largest absolute Gasteiger partial charge is 0.481 e. The molecule has 1 aromatic heterocycles. The predicted octanol–water partition coefficient (Wildman–Crippen LogP) is 4.76. The fourth-order valence-electron chi connectivity index (χ4n) is 3.49. The number of hydrogen-bond acceptors (Lipinski definition) is 4. The Balaban J connectivity index is 1.84. The topological polar surface area (TPSA) is 79.3 Å². The van der Waals surface area contributed by atoms with Gasteiger partial charge in [0, 0.05) is 10.4 Å². The third kappa shape index (κ3) is 4.11. The maximum atomic E-state index is 12.8. The zero-order valence-electron chi connectivity index (χ0n) is 15.8. The first kappa shape index (κ1) is 19.3. The van der Waals surface area contributed by atoms with E-state index in [4.69, 9.17) is 0 Å². The number of carboxylic acid groups (broad SMARTS) is 1. The van der Waals surface area contributed by atoms with Crippen molar-refractivity contribution in [1.29, 1.82) is 0 Å². The highest BCUT2D eigenvalue weighted by atomic mass is 32.1. The summed E-state index contributed by atoms with van der Waals surface area (Å²) >= 11 is 1.46. The molecule has 1 aliphatic rings. The van der Waals surface area contributed by atoms with Crippen LogP contribution in [-0.4, -0.2) is 22.0 Å². The number of anilines is 1. The molecule has 3 rings (SSSR count). The molecule has 0 spiro atoms. The second kappa shape index (κ2) is 8.05. The van der Waals surface area contributed by atoms with Crippen LogP contribution < -0.4 is 5.32 Å². The number of carboxylic acids is 1. The van der Waals surface area contributed by atoms with Gasteiger partial charge < -0.3 is 10.4 Å². The van der Waals surface area contributed by atoms with Crippen LogP contribution in [0.1, 0.15) is 38.5 Å². The minimum absolute atomic E-state index is 0.259. The average molecular weight is 385 g/mol. The Morgan fingerprint density at radius 1 is 1.15 bits per heavy atom. The Bertz CT molecular complexity index is 886. The Morgan fingerprint density at radius 2 is 1.78 bits per heavy atom. The summed E-state index contributed by atoms with van der Waals surface area (Å²) < 4.78 is 0. The van der Waals surface area contributed by atoms with Crippen LogP contribution in [0.15, 0.2) is 41.5 Å². The third-order valence-corrected chi connectivity index (χ3v) is 6.33. The number of carbonyl (C=O) groups is 2. The molecular weight excluding hydrogens is 360 g/mol. The molecule has 1 aromatic carbocycles. The predicted molar refractivity (Wildman–Crippen MR) is 108 cm³/mol. The molecule has 0 saturated carbocycles. The standard InChI is InChI=1S/C21H24N2O3S/c1-4-17-18(14-8-6-5-7-9-14)22-21(27-17)23-19(24)15-10-12(2)13(3)11-16(15)20(25)26/h5-9,15-16H,4,10-11H2,1-3H3,(H,25,26)(H,22,23,24). The summed E-state index contributed by atoms with van der Waals surface area (Å²) in [6.45, 7) is 5.98. The van der Waals surface area contributed by atoms with Gasteiger partial charge in [0.1, 0.15) is 0 Å². The lowest BCUT2D eigenvalue weighted by molar-refractivity contribution is -0.146. The summed E-state index contributed by atoms with van der Waals surface area (Å²) in [4.78, 5) is 30.2. The molecule has 2 aromatic rings. The van der Waals surface area contributed by atoms with Crippen molar-refractivity contribution < 1.29 is 14.7 Å². The summed E-state index contributed by atoms with van der Waals surface area (Å²) in [5, 5.41) is 13.0. The second-order valence-electron chi connectivity index (χ2n) is 7.02. The first-order chi connectivity index (χ1) is 12.9. The van der Waals surface area contributed by atoms with E-state index in [0.717, 1.165) is 33.7 Å². The van der Waals surface area contributed by atoms with Crippen molar-refractivity contribution in [2.45, 2.75) is 40.0 Å². The second-order valence-corrected chi connectivity index (χ2v) is 8.10. The van der Waals surface area contributed by atoms with Gasteiger partial charge in [-0.3, -0.25) is 9.59 Å². The van der Waals surface area contributed by atoms with Gasteiger partial charge in [0.2, 0.25) is 5.91 Å². The first-order valence-electron chi connectivity index (χ1n) is 9.14. The van der Waals surface area contributed by atoms with Gasteiger partial charge in [-0.2, -0.15) is 0 Å². The highest BCUT2D eigenvalue weighted by Crippen LogP contribution is 2.36. The molecule has 0 saturated heterocycles. The van der Waals surface area contributed by atoms with Gasteiger partial charge in [0.25, 0.3) is 0 Å². The Kier molecular flexibility index (Phi) is 5.75. The van der Waals surface area contributed by atoms with E-state index in [1.54, 1.807) is 0 Å². The van der Waals surface area contributed by atoms with E-state index in [2.05, 4.69) is 17.2 Å². The van der Waals surface area contributed by atoms with Gasteiger partial charge in [-0.15, -0.1) is 11.3 Å². The minimum Gasteiger partial charge on any atom is -0.481 e. The smallest absolute Gasteiger partial charge is 0.307 e. The van der Waals surface area contributed by atoms with Gasteiger partial charge in [0.05, 0.1) is 17.5 Å². The van der Waals surface area contributed by atoms with E-state index in [0.29, 0.717) is 18.0 Å². The van der Waals surface area contributed by atoms with Crippen molar-refractivity contribution in [1.82, 2.24) is 4.98 Å². The first-order valence-corrected chi connectivity index (χ1v) is 9.96. The maximum Gasteiger partial charge on any atom is 0.307 e. The van der Waals surface area contributed by atoms with Crippen LogP contribution in [0, 0.1) is 11.8 Å². The van der Waals surface area contributed by atoms with Crippen LogP contribution in [0.5, 0.6) is 0 Å². The molecule has 142 valence electrons. The van der Waals surface area contributed by atoms with Crippen LogP contribution in [0.25, 0.3) is 11.3 Å². The summed E-state index contributed by atoms with van der Waals surface area (Å²) in [6.07, 6.45) is 1.72. The lowest BCUT2D eigenvalue weighted by Gasteiger charge is -2.29. The highest BCUT2D eigenvalue weighted by Gasteiger charge is 2.37. The molecule has 2 atom stereocenters. The Hall–Kier alpha value is -2.47. The van der Waals surface area contributed by atoms with Crippen LogP contribution in [0.4, 0.5) is 5.13 Å². The van der Waals surface area contributed by atoms with Crippen LogP contribution >= 0.6 is 11.3 Å². The zero-order chi connectivity index (χ0) is 19.6. The molecule has 1 amide bonds. The number of hydrogen-bond donors (Lipinski definition) is 2. The van der Waals surface area contributed by atoms with Crippen molar-refractivity contribution in [2.75, 3.05) is 5.32 Å². The van der Waals surface area contributed by atoms with Crippen molar-refractivity contribution in [3.8, 4) is 11.3 Å². The number of nitrogens with zero attached hydrogens (tertiary/aromatic N) is 1. The number of benzene rings is 1. The van der Waals surface area contributed by atoms with Gasteiger partial charge in [0.15, 0.2) is 5.13 Å². The summed E-state index contributed by atoms with van der Waals surface area (Å²) in [6, 6.07) is 9.88. The molecule has 0 aliphatic heterocycles. The van der Waals surface area contributed by atoms with Gasteiger partial charge in [-0.25, -0.2) is 4.98 Å². The lowest BCUT2D eigenvalue weighted by Crippen LogP contribution is -2.36. The van der Waals surface area contributed by atoms with Crippen molar-refractivity contribution in [2.24, 2.45) is 11.8 Å². The zero-order valence-corrected chi connectivity index (χ0v) is 16.6. The van der Waals surface area contributed by atoms with E-state index in [-0.39, 0.29) is 5.91 Å². The van der Waals surface area contributed by atoms with Crippen LogP contribution in [-0.2, 0) is 16.0 Å². The number of carbonyl (C=O) groups excluding carboxylic acids is 1. The maximum absolute atomic E-state index is 12.8. The fraction of sp³-hybridized carbons (Fsp3) is 0.381. The minimum atomic E-state index is -0.916. The number of amides is 1. The number of nitrogens with one attached hydrogen (secondary N) is 1. The SMILES string of the molecule is CCc1sc(NC(=O)C2CC(C)=C(C)CC2C(=O)O)nc1-c1ccccc1. The monoisotopic (exact) mass is 384 g/mol. The molecular formula is C21H24N2O3S. The normalized spacial score (nSPS) is 19.8. The molecule has 1 aliphatic carbocycles. The Morgan fingerprint density at radius 3 is 2.37 bits per heavy atom. The van der Waals surface area contributed by atoms with Gasteiger partial charge in [-0.05, 0) is 33.1 Å². The molecule has 6 heteroatoms. The lowest BCUT2D eigenvalue weighted by atomic mass is 9.76. The number of aliphatic carboxylic acids is 1. The summed E-state index contributed by atoms with van der Waals surface area (Å²) in [7, 11) is 0. The van der Waals surface area contributed by atoms with Gasteiger partial charge in [-0.1, -0.05) is 48.4 Å². The molecule has 2 unspecified atom stereocenters. The average Bonchev–Trinajstić information content (AvgIpc) is 3.06. The van der Waals surface area contributed by atoms with E-state index in [1.165, 1.54) is 11.3 Å². The molecule has 2 N–H and O–H groups in total. The number of aryl methyl sites for hydroxylation is 1. The summed E-state index contributed by atoms with van der Waals surface area (Å²) in [5.41, 5.74) is 4.07. The van der Waals surface area contributed by atoms with Crippen molar-refractivity contribution >= 4 is 28.3 Å². The van der Waals surface area contributed by atoms with E-state index < -0.39 is 17.8 Å². The molecule has 27 heavy (non-hydrogen) atoms. The fourth-order valence-corrected chi connectivity index (χ4v) is 4.42. The third-order valence-electron chi connectivity index (χ3n) is 5.22. The number of aromatic nitrogens is 1. The van der Waals surface area contributed by atoms with Crippen LogP contribution in [0.2, 0.25) is 0 Å². The molecule has 5 nitrogen and oxygen atoms in total. The molecule has 0 radical (unpaired) electrons. The highest BCUT2D eigenvalue weighted by molar-refractivity contribution is 7.16. The quantitative estimate of drug-likeness (QED) is 0.729. The number of rotatable bonds is 5. The van der Waals surface area contributed by atoms with E-state index >= 15 is 0 Å². The molecule has 0 bridgehead atoms. The molecule has 1 heterocycles. The molecule has 0 fully saturated rings. The van der Waals surface area contributed by atoms with Crippen molar-refractivity contribution in [3.05, 3.63) is 46.4 Å². The van der Waals surface area contributed by atoms with Crippen LogP contribution in [0.3, 0.4) is 0 Å². The Labute approximate surface area is 163 Å². The number of thiazole rings is 1. The van der Waals surface area contributed by atoms with Gasteiger partial charge >= 0.3 is 5.97 Å².